The minimum Gasteiger partial charge on any atom is -0.496 e. The first-order valence-corrected chi connectivity index (χ1v) is 9.23. The number of benzene rings is 2. The van der Waals surface area contributed by atoms with Crippen LogP contribution in [0.1, 0.15) is 21.7 Å². The van der Waals surface area contributed by atoms with Gasteiger partial charge < -0.3 is 10.5 Å². The molecule has 0 aliphatic rings. The van der Waals surface area contributed by atoms with Gasteiger partial charge in [-0.25, -0.2) is 9.37 Å². The highest BCUT2D eigenvalue weighted by Crippen LogP contribution is 2.36. The second-order valence-corrected chi connectivity index (χ2v) is 7.02. The highest BCUT2D eigenvalue weighted by atomic mass is 35.5. The van der Waals surface area contributed by atoms with Crippen LogP contribution in [0.3, 0.4) is 0 Å². The Balaban J connectivity index is 1.78. The standard InChI is InChI=1S/C22H17ClFN3O2/c1-29-18-8-6-15(20(24)19(18)14-3-2-4-16(23)10-14)9-13-5-7-17-11-26-22(21(25)28)27(17)12-13/h2-8,10-12H,9H2,1H3,(H2,25,28). The molecule has 4 rings (SSSR count). The highest BCUT2D eigenvalue weighted by Gasteiger charge is 2.17. The lowest BCUT2D eigenvalue weighted by molar-refractivity contribution is 0.0990. The first-order valence-electron chi connectivity index (χ1n) is 8.85. The highest BCUT2D eigenvalue weighted by molar-refractivity contribution is 6.30. The van der Waals surface area contributed by atoms with Crippen LogP contribution in [0.5, 0.6) is 5.75 Å². The van der Waals surface area contributed by atoms with Crippen molar-refractivity contribution in [2.45, 2.75) is 6.42 Å². The molecular weight excluding hydrogens is 393 g/mol. The number of nitrogens with zero attached hydrogens (tertiary/aromatic N) is 2. The van der Waals surface area contributed by atoms with Crippen LogP contribution in [0.2, 0.25) is 5.02 Å². The first kappa shape index (κ1) is 19.0. The number of ether oxygens (including phenoxy) is 1. The quantitative estimate of drug-likeness (QED) is 0.528. The summed E-state index contributed by atoms with van der Waals surface area (Å²) in [6.07, 6.45) is 3.62. The fourth-order valence-electron chi connectivity index (χ4n) is 3.36. The van der Waals surface area contributed by atoms with Crippen molar-refractivity contribution in [2.75, 3.05) is 7.11 Å². The number of fused-ring (bicyclic) bond motifs is 1. The van der Waals surface area contributed by atoms with Crippen molar-refractivity contribution in [3.8, 4) is 16.9 Å². The second-order valence-electron chi connectivity index (χ2n) is 6.58. The minimum atomic E-state index is -0.624. The topological polar surface area (TPSA) is 69.6 Å². The maximum absolute atomic E-state index is 15.5. The van der Waals surface area contributed by atoms with E-state index in [0.717, 1.165) is 11.1 Å². The second kappa shape index (κ2) is 7.56. The molecule has 0 radical (unpaired) electrons. The molecule has 0 aliphatic carbocycles. The Morgan fingerprint density at radius 1 is 1.24 bits per heavy atom. The van der Waals surface area contributed by atoms with Gasteiger partial charge in [-0.05, 0) is 41.0 Å². The first-order chi connectivity index (χ1) is 14.0. The van der Waals surface area contributed by atoms with Gasteiger partial charge in [0.25, 0.3) is 5.91 Å². The summed E-state index contributed by atoms with van der Waals surface area (Å²) in [5.74, 6) is -0.445. The van der Waals surface area contributed by atoms with E-state index in [1.807, 2.05) is 12.1 Å². The van der Waals surface area contributed by atoms with E-state index in [1.54, 1.807) is 53.2 Å². The van der Waals surface area contributed by atoms with Gasteiger partial charge in [0, 0.05) is 17.6 Å². The molecule has 29 heavy (non-hydrogen) atoms. The lowest BCUT2D eigenvalue weighted by Gasteiger charge is -2.14. The van der Waals surface area contributed by atoms with Gasteiger partial charge in [-0.3, -0.25) is 9.20 Å². The van der Waals surface area contributed by atoms with Gasteiger partial charge in [0.15, 0.2) is 0 Å². The van der Waals surface area contributed by atoms with E-state index in [-0.39, 0.29) is 11.6 Å². The van der Waals surface area contributed by atoms with Crippen LogP contribution < -0.4 is 10.5 Å². The number of primary amides is 1. The van der Waals surface area contributed by atoms with Crippen molar-refractivity contribution in [1.29, 1.82) is 0 Å². The average Bonchev–Trinajstić information content (AvgIpc) is 3.13. The molecule has 1 amide bonds. The number of imidazole rings is 1. The van der Waals surface area contributed by atoms with E-state index in [9.17, 15) is 4.79 Å². The molecule has 0 unspecified atom stereocenters. The summed E-state index contributed by atoms with van der Waals surface area (Å²) in [6, 6.07) is 14.1. The number of halogens is 2. The molecule has 2 aromatic heterocycles. The summed E-state index contributed by atoms with van der Waals surface area (Å²) in [6.45, 7) is 0. The Morgan fingerprint density at radius 2 is 2.07 bits per heavy atom. The number of hydrogen-bond acceptors (Lipinski definition) is 3. The smallest absolute Gasteiger partial charge is 0.285 e. The van der Waals surface area contributed by atoms with Gasteiger partial charge in [-0.1, -0.05) is 35.9 Å². The predicted octanol–water partition coefficient (Wildman–Crippen LogP) is 4.49. The third-order valence-corrected chi connectivity index (χ3v) is 4.96. The van der Waals surface area contributed by atoms with E-state index in [4.69, 9.17) is 22.1 Å². The van der Waals surface area contributed by atoms with Crippen molar-refractivity contribution in [2.24, 2.45) is 5.73 Å². The third-order valence-electron chi connectivity index (χ3n) is 4.72. The third kappa shape index (κ3) is 3.54. The zero-order valence-electron chi connectivity index (χ0n) is 15.5. The molecule has 2 aromatic carbocycles. The van der Waals surface area contributed by atoms with E-state index < -0.39 is 5.91 Å². The van der Waals surface area contributed by atoms with Crippen LogP contribution in [0, 0.1) is 5.82 Å². The SMILES string of the molecule is COc1ccc(Cc2ccc3cnc(C(N)=O)n3c2)c(F)c1-c1cccc(Cl)c1. The molecule has 0 atom stereocenters. The fraction of sp³-hybridized carbons (Fsp3) is 0.0909. The molecule has 0 saturated heterocycles. The molecule has 0 saturated carbocycles. The number of amides is 1. The van der Waals surface area contributed by atoms with Gasteiger partial charge in [-0.15, -0.1) is 0 Å². The van der Waals surface area contributed by atoms with E-state index in [0.29, 0.717) is 33.9 Å². The van der Waals surface area contributed by atoms with Crippen LogP contribution in [0.15, 0.2) is 60.9 Å². The number of pyridine rings is 1. The molecule has 146 valence electrons. The predicted molar refractivity (Wildman–Crippen MR) is 110 cm³/mol. The minimum absolute atomic E-state index is 0.136. The molecule has 0 spiro atoms. The molecule has 4 aromatic rings. The number of rotatable bonds is 5. The molecule has 5 nitrogen and oxygen atoms in total. The normalized spacial score (nSPS) is 11.0. The molecule has 0 fully saturated rings. The Kier molecular flexibility index (Phi) is 4.94. The zero-order chi connectivity index (χ0) is 20.5. The lowest BCUT2D eigenvalue weighted by atomic mass is 9.97. The Bertz CT molecular complexity index is 1240. The van der Waals surface area contributed by atoms with Gasteiger partial charge in [0.1, 0.15) is 11.6 Å². The molecule has 0 bridgehead atoms. The van der Waals surface area contributed by atoms with Crippen LogP contribution in [-0.2, 0) is 6.42 Å². The Morgan fingerprint density at radius 3 is 2.79 bits per heavy atom. The molecular formula is C22H17ClFN3O2. The van der Waals surface area contributed by atoms with Crippen molar-refractivity contribution >= 4 is 23.0 Å². The van der Waals surface area contributed by atoms with Crippen LogP contribution in [0.25, 0.3) is 16.6 Å². The molecule has 2 heterocycles. The van der Waals surface area contributed by atoms with E-state index >= 15 is 4.39 Å². The van der Waals surface area contributed by atoms with Crippen LogP contribution in [-0.4, -0.2) is 22.4 Å². The lowest BCUT2D eigenvalue weighted by Crippen LogP contribution is -2.15. The van der Waals surface area contributed by atoms with Crippen LogP contribution >= 0.6 is 11.6 Å². The number of aromatic nitrogens is 2. The molecule has 0 aliphatic heterocycles. The summed E-state index contributed by atoms with van der Waals surface area (Å²) in [7, 11) is 1.50. The largest absolute Gasteiger partial charge is 0.496 e. The van der Waals surface area contributed by atoms with Gasteiger partial charge in [-0.2, -0.15) is 0 Å². The van der Waals surface area contributed by atoms with E-state index in [1.165, 1.54) is 7.11 Å². The van der Waals surface area contributed by atoms with Crippen LogP contribution in [0.4, 0.5) is 4.39 Å². The maximum Gasteiger partial charge on any atom is 0.285 e. The van der Waals surface area contributed by atoms with Crippen molar-refractivity contribution in [1.82, 2.24) is 9.38 Å². The number of methoxy groups -OCH3 is 1. The summed E-state index contributed by atoms with van der Waals surface area (Å²) in [5, 5.41) is 0.513. The Hall–Kier alpha value is -3.38. The van der Waals surface area contributed by atoms with Gasteiger partial charge in [0.2, 0.25) is 5.82 Å². The summed E-state index contributed by atoms with van der Waals surface area (Å²) in [4.78, 5) is 15.6. The number of carbonyl (C=O) groups excluding carboxylic acids is 1. The van der Waals surface area contributed by atoms with E-state index in [2.05, 4.69) is 4.98 Å². The summed E-state index contributed by atoms with van der Waals surface area (Å²) < 4.78 is 22.4. The van der Waals surface area contributed by atoms with Crippen molar-refractivity contribution in [3.63, 3.8) is 0 Å². The fourth-order valence-corrected chi connectivity index (χ4v) is 3.55. The average molecular weight is 410 g/mol. The van der Waals surface area contributed by atoms with Gasteiger partial charge >= 0.3 is 0 Å². The number of carbonyl (C=O) groups is 1. The maximum atomic E-state index is 15.5. The zero-order valence-corrected chi connectivity index (χ0v) is 16.3. The van der Waals surface area contributed by atoms with Crippen molar-refractivity contribution in [3.05, 3.63) is 88.7 Å². The summed E-state index contributed by atoms with van der Waals surface area (Å²) >= 11 is 6.09. The number of hydrogen-bond donors (Lipinski definition) is 1. The molecule has 2 N–H and O–H groups in total. The summed E-state index contributed by atoms with van der Waals surface area (Å²) in [5.41, 5.74) is 8.39. The molecule has 7 heteroatoms. The number of nitrogens with two attached hydrogens (primary N) is 1. The Labute approximate surface area is 171 Å². The van der Waals surface area contributed by atoms with Gasteiger partial charge in [0.05, 0.1) is 24.4 Å². The monoisotopic (exact) mass is 409 g/mol. The van der Waals surface area contributed by atoms with Crippen molar-refractivity contribution < 1.29 is 13.9 Å².